The highest BCUT2D eigenvalue weighted by atomic mass is 16.6. The monoisotopic (exact) mass is 264 g/mol. The van der Waals surface area contributed by atoms with E-state index in [1.165, 1.54) is 0 Å². The molecule has 1 rings (SSSR count). The molecule has 1 aliphatic rings. The van der Waals surface area contributed by atoms with Crippen LogP contribution in [0.5, 0.6) is 0 Å². The molecule has 0 aromatic rings. The SMILES string of the molecule is CC(C)CC(N=CC1=NC=CC1)C(=O)OC(C)(C)C. The van der Waals surface area contributed by atoms with Crippen molar-refractivity contribution >= 4 is 17.9 Å². The van der Waals surface area contributed by atoms with E-state index in [4.69, 9.17) is 4.74 Å². The first-order valence-corrected chi connectivity index (χ1v) is 6.75. The Balaban J connectivity index is 2.68. The van der Waals surface area contributed by atoms with Gasteiger partial charge in [-0.2, -0.15) is 0 Å². The van der Waals surface area contributed by atoms with Crippen molar-refractivity contribution in [3.8, 4) is 0 Å². The number of carbonyl (C=O) groups excluding carboxylic acids is 1. The van der Waals surface area contributed by atoms with E-state index in [9.17, 15) is 4.79 Å². The number of allylic oxidation sites excluding steroid dienone is 1. The number of rotatable bonds is 5. The Kier molecular flexibility index (Phi) is 5.45. The van der Waals surface area contributed by atoms with E-state index in [1.54, 1.807) is 12.4 Å². The molecule has 4 heteroatoms. The molecule has 0 aromatic carbocycles. The summed E-state index contributed by atoms with van der Waals surface area (Å²) in [4.78, 5) is 20.6. The lowest BCUT2D eigenvalue weighted by molar-refractivity contribution is -0.156. The number of ether oxygens (including phenoxy) is 1. The van der Waals surface area contributed by atoms with Crippen molar-refractivity contribution < 1.29 is 9.53 Å². The molecule has 0 fully saturated rings. The molecular formula is C15H24N2O2. The fourth-order valence-corrected chi connectivity index (χ4v) is 1.67. The van der Waals surface area contributed by atoms with Crippen LogP contribution in [0.2, 0.25) is 0 Å². The summed E-state index contributed by atoms with van der Waals surface area (Å²) < 4.78 is 5.41. The zero-order chi connectivity index (χ0) is 14.5. The van der Waals surface area contributed by atoms with E-state index in [-0.39, 0.29) is 5.97 Å². The van der Waals surface area contributed by atoms with Crippen LogP contribution in [0.25, 0.3) is 0 Å². The van der Waals surface area contributed by atoms with Gasteiger partial charge in [-0.3, -0.25) is 9.98 Å². The van der Waals surface area contributed by atoms with Crippen LogP contribution in [-0.4, -0.2) is 29.5 Å². The van der Waals surface area contributed by atoms with Crippen LogP contribution in [0.3, 0.4) is 0 Å². The molecule has 1 unspecified atom stereocenters. The van der Waals surface area contributed by atoms with E-state index in [0.717, 1.165) is 12.1 Å². The summed E-state index contributed by atoms with van der Waals surface area (Å²) in [5.74, 6) is 0.127. The van der Waals surface area contributed by atoms with Crippen LogP contribution in [0, 0.1) is 5.92 Å². The number of aliphatic imine (C=N–C) groups is 2. The Morgan fingerprint density at radius 1 is 1.53 bits per heavy atom. The zero-order valence-corrected chi connectivity index (χ0v) is 12.5. The van der Waals surface area contributed by atoms with Gasteiger partial charge < -0.3 is 4.74 Å². The van der Waals surface area contributed by atoms with E-state index in [2.05, 4.69) is 23.8 Å². The van der Waals surface area contributed by atoms with E-state index in [0.29, 0.717) is 12.3 Å². The first-order chi connectivity index (χ1) is 8.78. The topological polar surface area (TPSA) is 51.0 Å². The van der Waals surface area contributed by atoms with Gasteiger partial charge >= 0.3 is 5.97 Å². The molecular weight excluding hydrogens is 240 g/mol. The number of hydrogen-bond donors (Lipinski definition) is 0. The highest BCUT2D eigenvalue weighted by Crippen LogP contribution is 2.15. The van der Waals surface area contributed by atoms with Gasteiger partial charge in [0.1, 0.15) is 11.6 Å². The molecule has 0 radical (unpaired) electrons. The molecule has 0 saturated carbocycles. The lowest BCUT2D eigenvalue weighted by Crippen LogP contribution is -2.32. The third-order valence-electron chi connectivity index (χ3n) is 2.45. The van der Waals surface area contributed by atoms with Crippen molar-refractivity contribution in [3.63, 3.8) is 0 Å². The highest BCUT2D eigenvalue weighted by molar-refractivity contribution is 6.32. The van der Waals surface area contributed by atoms with Crippen molar-refractivity contribution in [1.29, 1.82) is 0 Å². The van der Waals surface area contributed by atoms with E-state index in [1.807, 2.05) is 26.8 Å². The van der Waals surface area contributed by atoms with Crippen molar-refractivity contribution in [2.45, 2.75) is 59.1 Å². The molecule has 0 saturated heterocycles. The zero-order valence-electron chi connectivity index (χ0n) is 12.5. The Bertz CT molecular complexity index is 401. The standard InChI is InChI=1S/C15H24N2O2/c1-11(2)9-13(14(18)19-15(3,4)5)17-10-12-7-6-8-16-12/h6,8,10-11,13H,7,9H2,1-5H3. The minimum atomic E-state index is -0.478. The second kappa shape index (κ2) is 6.64. The highest BCUT2D eigenvalue weighted by Gasteiger charge is 2.25. The molecule has 0 amide bonds. The number of hydrogen-bond acceptors (Lipinski definition) is 4. The average Bonchev–Trinajstić information content (AvgIpc) is 2.73. The molecule has 1 aliphatic heterocycles. The van der Waals surface area contributed by atoms with Crippen LogP contribution >= 0.6 is 0 Å². The second-order valence-electron chi connectivity index (χ2n) is 6.17. The third kappa shape index (κ3) is 6.32. The molecule has 0 N–H and O–H groups in total. The van der Waals surface area contributed by atoms with Crippen molar-refractivity contribution in [2.24, 2.45) is 15.9 Å². The fraction of sp³-hybridized carbons (Fsp3) is 0.667. The molecule has 0 aliphatic carbocycles. The second-order valence-corrected chi connectivity index (χ2v) is 6.17. The Morgan fingerprint density at radius 2 is 2.21 bits per heavy atom. The van der Waals surface area contributed by atoms with Crippen molar-refractivity contribution in [2.75, 3.05) is 0 Å². The third-order valence-corrected chi connectivity index (χ3v) is 2.45. The van der Waals surface area contributed by atoms with Crippen molar-refractivity contribution in [3.05, 3.63) is 12.3 Å². The maximum atomic E-state index is 12.1. The fourth-order valence-electron chi connectivity index (χ4n) is 1.67. The minimum Gasteiger partial charge on any atom is -0.458 e. The predicted molar refractivity (Wildman–Crippen MR) is 78.8 cm³/mol. The van der Waals surface area contributed by atoms with E-state index >= 15 is 0 Å². The van der Waals surface area contributed by atoms with Gasteiger partial charge in [-0.1, -0.05) is 19.9 Å². The Hall–Kier alpha value is -1.45. The lowest BCUT2D eigenvalue weighted by atomic mass is 10.0. The van der Waals surface area contributed by atoms with Gasteiger partial charge in [0.05, 0.1) is 5.71 Å². The van der Waals surface area contributed by atoms with Gasteiger partial charge in [0.15, 0.2) is 0 Å². The van der Waals surface area contributed by atoms with Crippen LogP contribution in [0.4, 0.5) is 0 Å². The van der Waals surface area contributed by atoms with Crippen molar-refractivity contribution in [1.82, 2.24) is 0 Å². The van der Waals surface area contributed by atoms with E-state index < -0.39 is 11.6 Å². The Morgan fingerprint density at radius 3 is 2.68 bits per heavy atom. The number of carbonyl (C=O) groups is 1. The smallest absolute Gasteiger partial charge is 0.331 e. The maximum Gasteiger partial charge on any atom is 0.331 e. The van der Waals surface area contributed by atoms with Gasteiger partial charge in [-0.15, -0.1) is 0 Å². The first kappa shape index (κ1) is 15.6. The van der Waals surface area contributed by atoms with Crippen LogP contribution in [-0.2, 0) is 9.53 Å². The maximum absolute atomic E-state index is 12.1. The van der Waals surface area contributed by atoms with Gasteiger partial charge in [0.25, 0.3) is 0 Å². The van der Waals surface area contributed by atoms with Gasteiger partial charge in [-0.05, 0) is 33.1 Å². The number of nitrogens with zero attached hydrogens (tertiary/aromatic N) is 2. The molecule has 106 valence electrons. The molecule has 0 spiro atoms. The predicted octanol–water partition coefficient (Wildman–Crippen LogP) is 3.17. The average molecular weight is 264 g/mol. The number of esters is 1. The summed E-state index contributed by atoms with van der Waals surface area (Å²) in [6, 6.07) is -0.442. The normalized spacial score (nSPS) is 17.1. The summed E-state index contributed by atoms with van der Waals surface area (Å²) in [7, 11) is 0. The molecule has 0 bridgehead atoms. The molecule has 19 heavy (non-hydrogen) atoms. The van der Waals surface area contributed by atoms with Crippen LogP contribution in [0.1, 0.15) is 47.5 Å². The van der Waals surface area contributed by atoms with Crippen LogP contribution < -0.4 is 0 Å². The summed E-state index contributed by atoms with van der Waals surface area (Å²) in [5, 5.41) is 0. The van der Waals surface area contributed by atoms with Crippen LogP contribution in [0.15, 0.2) is 22.3 Å². The summed E-state index contributed by atoms with van der Waals surface area (Å²) in [6.45, 7) is 9.74. The lowest BCUT2D eigenvalue weighted by Gasteiger charge is -2.23. The molecule has 1 atom stereocenters. The quantitative estimate of drug-likeness (QED) is 0.565. The minimum absolute atomic E-state index is 0.260. The first-order valence-electron chi connectivity index (χ1n) is 6.75. The summed E-state index contributed by atoms with van der Waals surface area (Å²) >= 11 is 0. The van der Waals surface area contributed by atoms with Gasteiger partial charge in [0.2, 0.25) is 0 Å². The molecule has 4 nitrogen and oxygen atoms in total. The molecule has 0 aromatic heterocycles. The van der Waals surface area contributed by atoms with Gasteiger partial charge in [-0.25, -0.2) is 4.79 Å². The summed E-state index contributed by atoms with van der Waals surface area (Å²) in [5.41, 5.74) is 0.408. The Labute approximate surface area is 115 Å². The largest absolute Gasteiger partial charge is 0.458 e. The summed E-state index contributed by atoms with van der Waals surface area (Å²) in [6.07, 6.45) is 6.88. The molecule has 1 heterocycles. The van der Waals surface area contributed by atoms with Gasteiger partial charge in [0, 0.05) is 18.8 Å².